The van der Waals surface area contributed by atoms with Crippen molar-refractivity contribution in [3.05, 3.63) is 46.7 Å². The van der Waals surface area contributed by atoms with E-state index >= 15 is 0 Å². The van der Waals surface area contributed by atoms with Gasteiger partial charge in [0.15, 0.2) is 0 Å². The minimum Gasteiger partial charge on any atom is -0.466 e. The highest BCUT2D eigenvalue weighted by atomic mass is 16.5. The second kappa shape index (κ2) is 7.67. The summed E-state index contributed by atoms with van der Waals surface area (Å²) < 4.78 is 10.4. The van der Waals surface area contributed by atoms with Crippen molar-refractivity contribution < 1.29 is 24.0 Å². The summed E-state index contributed by atoms with van der Waals surface area (Å²) in [6.07, 6.45) is 0. The van der Waals surface area contributed by atoms with Crippen LogP contribution in [-0.4, -0.2) is 52.0 Å². The van der Waals surface area contributed by atoms with Gasteiger partial charge in [-0.2, -0.15) is 0 Å². The lowest BCUT2D eigenvalue weighted by atomic mass is 9.92. The summed E-state index contributed by atoms with van der Waals surface area (Å²) in [7, 11) is 1.36. The van der Waals surface area contributed by atoms with Gasteiger partial charge in [-0.25, -0.2) is 9.59 Å². The number of esters is 1. The third-order valence-corrected chi connectivity index (χ3v) is 4.69. The van der Waals surface area contributed by atoms with E-state index in [1.165, 1.54) is 12.0 Å². The van der Waals surface area contributed by atoms with E-state index in [-0.39, 0.29) is 6.03 Å². The van der Waals surface area contributed by atoms with Crippen molar-refractivity contribution in [3.63, 3.8) is 0 Å². The molecular weight excluding hydrogens is 322 g/mol. The molecule has 2 aliphatic rings. The van der Waals surface area contributed by atoms with Gasteiger partial charge in [-0.3, -0.25) is 0 Å². The first-order chi connectivity index (χ1) is 12.1. The number of benzene rings is 1. The standard InChI is InChI=1S/C18H23N3O4/c1-12-5-3-4-6-13(12)16-15(17(22)24-2)14(19-18(23)20-16)11-21-7-9-25-10-8-21/h3-6,16H,7-11H2,1-2H3,(H2,19,20,23)/p+1/t16-/m1/s1. The summed E-state index contributed by atoms with van der Waals surface area (Å²) in [5, 5.41) is 5.68. The molecule has 0 spiro atoms. The van der Waals surface area contributed by atoms with Gasteiger partial charge in [0.25, 0.3) is 0 Å². The van der Waals surface area contributed by atoms with Crippen molar-refractivity contribution in [1.82, 2.24) is 10.6 Å². The minimum atomic E-state index is -0.516. The number of morpholine rings is 1. The zero-order chi connectivity index (χ0) is 17.8. The van der Waals surface area contributed by atoms with E-state index in [1.54, 1.807) is 0 Å². The summed E-state index contributed by atoms with van der Waals surface area (Å²) >= 11 is 0. The highest BCUT2D eigenvalue weighted by molar-refractivity contribution is 5.95. The molecule has 1 saturated heterocycles. The Morgan fingerprint density at radius 2 is 2.04 bits per heavy atom. The lowest BCUT2D eigenvalue weighted by Crippen LogP contribution is -3.14. The van der Waals surface area contributed by atoms with Gasteiger partial charge in [0, 0.05) is 0 Å². The first-order valence-electron chi connectivity index (χ1n) is 8.46. The maximum absolute atomic E-state index is 12.5. The molecule has 7 nitrogen and oxygen atoms in total. The van der Waals surface area contributed by atoms with Crippen molar-refractivity contribution in [1.29, 1.82) is 0 Å². The van der Waals surface area contributed by atoms with Crippen LogP contribution in [0.4, 0.5) is 4.79 Å². The first-order valence-corrected chi connectivity index (χ1v) is 8.46. The number of rotatable bonds is 4. The van der Waals surface area contributed by atoms with Gasteiger partial charge in [-0.15, -0.1) is 0 Å². The Bertz CT molecular complexity index is 695. The Morgan fingerprint density at radius 1 is 1.32 bits per heavy atom. The highest BCUT2D eigenvalue weighted by Gasteiger charge is 2.35. The van der Waals surface area contributed by atoms with Crippen LogP contribution in [0.25, 0.3) is 0 Å². The molecule has 3 rings (SSSR count). The Morgan fingerprint density at radius 3 is 2.72 bits per heavy atom. The average molecular weight is 346 g/mol. The maximum atomic E-state index is 12.5. The molecule has 7 heteroatoms. The van der Waals surface area contributed by atoms with Crippen LogP contribution in [0.15, 0.2) is 35.5 Å². The average Bonchev–Trinajstić information content (AvgIpc) is 2.62. The predicted octanol–water partition coefficient (Wildman–Crippen LogP) is -0.309. The fourth-order valence-corrected chi connectivity index (χ4v) is 3.34. The molecular formula is C18H24N3O4+. The third kappa shape index (κ3) is 3.83. The lowest BCUT2D eigenvalue weighted by molar-refractivity contribution is -0.903. The molecule has 0 unspecified atom stereocenters. The molecule has 0 aromatic heterocycles. The Labute approximate surface area is 147 Å². The van der Waals surface area contributed by atoms with Gasteiger partial charge in [0.2, 0.25) is 0 Å². The Hall–Kier alpha value is -2.38. The molecule has 3 N–H and O–H groups in total. The molecule has 134 valence electrons. The molecule has 1 aromatic rings. The van der Waals surface area contributed by atoms with E-state index in [9.17, 15) is 9.59 Å². The summed E-state index contributed by atoms with van der Waals surface area (Å²) in [5.74, 6) is -0.427. The van der Waals surface area contributed by atoms with E-state index in [4.69, 9.17) is 9.47 Å². The summed E-state index contributed by atoms with van der Waals surface area (Å²) in [4.78, 5) is 26.0. The summed E-state index contributed by atoms with van der Waals surface area (Å²) in [6.45, 7) is 5.58. The number of methoxy groups -OCH3 is 1. The molecule has 2 amide bonds. The van der Waals surface area contributed by atoms with Gasteiger partial charge in [-0.05, 0) is 18.1 Å². The van der Waals surface area contributed by atoms with Crippen LogP contribution in [0.3, 0.4) is 0 Å². The van der Waals surface area contributed by atoms with Crippen LogP contribution < -0.4 is 15.5 Å². The molecule has 0 aliphatic carbocycles. The molecule has 1 aromatic carbocycles. The van der Waals surface area contributed by atoms with Crippen LogP contribution in [0.5, 0.6) is 0 Å². The van der Waals surface area contributed by atoms with Crippen LogP contribution in [0.2, 0.25) is 0 Å². The van der Waals surface area contributed by atoms with Crippen LogP contribution in [-0.2, 0) is 14.3 Å². The zero-order valence-electron chi connectivity index (χ0n) is 14.6. The monoisotopic (exact) mass is 346 g/mol. The fraction of sp³-hybridized carbons (Fsp3) is 0.444. The summed E-state index contributed by atoms with van der Waals surface area (Å²) in [6, 6.07) is 6.90. The Balaban J connectivity index is 2.00. The van der Waals surface area contributed by atoms with Crippen molar-refractivity contribution in [3.8, 4) is 0 Å². The molecule has 2 heterocycles. The molecule has 0 radical (unpaired) electrons. The second-order valence-electron chi connectivity index (χ2n) is 6.31. The van der Waals surface area contributed by atoms with Crippen molar-refractivity contribution in [2.75, 3.05) is 40.0 Å². The number of carbonyl (C=O) groups excluding carboxylic acids is 2. The van der Waals surface area contributed by atoms with E-state index < -0.39 is 12.0 Å². The molecule has 25 heavy (non-hydrogen) atoms. The molecule has 1 fully saturated rings. The largest absolute Gasteiger partial charge is 0.466 e. The fourth-order valence-electron chi connectivity index (χ4n) is 3.34. The highest BCUT2D eigenvalue weighted by Crippen LogP contribution is 2.29. The number of nitrogens with one attached hydrogen (secondary N) is 3. The van der Waals surface area contributed by atoms with Gasteiger partial charge in [-0.1, -0.05) is 24.3 Å². The topological polar surface area (TPSA) is 81.1 Å². The maximum Gasteiger partial charge on any atom is 0.338 e. The SMILES string of the molecule is COC(=O)C1=C(C[NH+]2CCOCC2)NC(=O)N[C@@H]1c1ccccc1C. The first kappa shape index (κ1) is 17.4. The van der Waals surface area contributed by atoms with Gasteiger partial charge in [0.05, 0.1) is 37.6 Å². The number of hydrogen-bond donors (Lipinski definition) is 3. The zero-order valence-corrected chi connectivity index (χ0v) is 14.6. The smallest absolute Gasteiger partial charge is 0.338 e. The number of urea groups is 1. The van der Waals surface area contributed by atoms with Crippen molar-refractivity contribution >= 4 is 12.0 Å². The predicted molar refractivity (Wildman–Crippen MR) is 91.0 cm³/mol. The Kier molecular flexibility index (Phi) is 5.35. The van der Waals surface area contributed by atoms with E-state index in [0.717, 1.165) is 24.2 Å². The molecule has 0 saturated carbocycles. The number of amides is 2. The molecule has 1 atom stereocenters. The number of quaternary nitrogens is 1. The van der Waals surface area contributed by atoms with E-state index in [2.05, 4.69) is 10.6 Å². The quantitative estimate of drug-likeness (QED) is 0.654. The molecule has 0 bridgehead atoms. The van der Waals surface area contributed by atoms with Crippen molar-refractivity contribution in [2.45, 2.75) is 13.0 Å². The van der Waals surface area contributed by atoms with E-state index in [0.29, 0.717) is 31.0 Å². The van der Waals surface area contributed by atoms with Gasteiger partial charge < -0.3 is 25.0 Å². The number of carbonyl (C=O) groups is 2. The van der Waals surface area contributed by atoms with Crippen LogP contribution >= 0.6 is 0 Å². The number of hydrogen-bond acceptors (Lipinski definition) is 4. The normalized spacial score (nSPS) is 21.5. The van der Waals surface area contributed by atoms with Gasteiger partial charge in [0.1, 0.15) is 19.6 Å². The van der Waals surface area contributed by atoms with Crippen molar-refractivity contribution in [2.24, 2.45) is 0 Å². The summed E-state index contributed by atoms with van der Waals surface area (Å²) in [5.41, 5.74) is 3.00. The minimum absolute atomic E-state index is 0.302. The molecule has 2 aliphatic heterocycles. The number of ether oxygens (including phenoxy) is 2. The number of aryl methyl sites for hydroxylation is 1. The van der Waals surface area contributed by atoms with Crippen LogP contribution in [0, 0.1) is 6.92 Å². The van der Waals surface area contributed by atoms with Crippen LogP contribution in [0.1, 0.15) is 17.2 Å². The lowest BCUT2D eigenvalue weighted by Gasteiger charge is -2.32. The van der Waals surface area contributed by atoms with E-state index in [1.807, 2.05) is 31.2 Å². The van der Waals surface area contributed by atoms with Gasteiger partial charge >= 0.3 is 12.0 Å². The second-order valence-corrected chi connectivity index (χ2v) is 6.31. The third-order valence-electron chi connectivity index (χ3n) is 4.69.